The van der Waals surface area contributed by atoms with E-state index in [1.807, 2.05) is 0 Å². The molecule has 13 heavy (non-hydrogen) atoms. The van der Waals surface area contributed by atoms with Crippen LogP contribution in [0.5, 0.6) is 0 Å². The quantitative estimate of drug-likeness (QED) is 0.693. The smallest absolute Gasteiger partial charge is 0.240 e. The number of nitrogens with zero attached hydrogens (tertiary/aromatic N) is 4. The van der Waals surface area contributed by atoms with Gasteiger partial charge < -0.3 is 10.3 Å². The maximum atomic E-state index is 5.31. The topological polar surface area (TPSA) is 90.7 Å². The van der Waals surface area contributed by atoms with Crippen molar-refractivity contribution in [2.45, 2.75) is 6.54 Å². The summed E-state index contributed by atoms with van der Waals surface area (Å²) in [7, 11) is 0. The van der Waals surface area contributed by atoms with Crippen molar-refractivity contribution >= 4 is 0 Å². The minimum atomic E-state index is 0.234. The second kappa shape index (κ2) is 3.28. The summed E-state index contributed by atoms with van der Waals surface area (Å²) >= 11 is 0. The van der Waals surface area contributed by atoms with Gasteiger partial charge in [-0.3, -0.25) is 0 Å². The third-order valence-corrected chi connectivity index (χ3v) is 1.45. The van der Waals surface area contributed by atoms with Crippen molar-refractivity contribution in [2.75, 3.05) is 0 Å². The lowest BCUT2D eigenvalue weighted by molar-refractivity contribution is 0.380. The number of nitrogens with two attached hydrogens (primary N) is 1. The van der Waals surface area contributed by atoms with Gasteiger partial charge in [0.05, 0.1) is 6.54 Å². The first-order valence-electron chi connectivity index (χ1n) is 3.69. The predicted octanol–water partition coefficient (Wildman–Crippen LogP) is -0.0147. The minimum Gasteiger partial charge on any atom is -0.338 e. The Bertz CT molecular complexity index is 385. The Balaban J connectivity index is 2.36. The molecule has 6 nitrogen and oxygen atoms in total. The van der Waals surface area contributed by atoms with Crippen molar-refractivity contribution in [2.24, 2.45) is 5.73 Å². The summed E-state index contributed by atoms with van der Waals surface area (Å²) in [6.45, 7) is 0.234. The summed E-state index contributed by atoms with van der Waals surface area (Å²) < 4.78 is 4.82. The Morgan fingerprint density at radius 2 is 2.38 bits per heavy atom. The van der Waals surface area contributed by atoms with Crippen LogP contribution in [0.15, 0.2) is 23.1 Å². The van der Waals surface area contributed by atoms with Gasteiger partial charge in [0.2, 0.25) is 11.7 Å². The molecule has 0 amide bonds. The number of rotatable bonds is 2. The van der Waals surface area contributed by atoms with Gasteiger partial charge in [-0.25, -0.2) is 9.97 Å². The summed E-state index contributed by atoms with van der Waals surface area (Å²) in [5.74, 6) is 0.830. The zero-order valence-electron chi connectivity index (χ0n) is 6.71. The fourth-order valence-electron chi connectivity index (χ4n) is 0.865. The van der Waals surface area contributed by atoms with Crippen LogP contribution < -0.4 is 5.73 Å². The molecule has 2 rings (SSSR count). The van der Waals surface area contributed by atoms with Crippen molar-refractivity contribution in [3.63, 3.8) is 0 Å². The number of aromatic nitrogens is 4. The molecule has 0 saturated heterocycles. The molecule has 0 aliphatic heterocycles. The molecule has 0 radical (unpaired) electrons. The molecule has 0 aliphatic rings. The second-order valence-electron chi connectivity index (χ2n) is 2.31. The van der Waals surface area contributed by atoms with E-state index in [1.54, 1.807) is 12.3 Å². The Hall–Kier alpha value is -1.82. The van der Waals surface area contributed by atoms with E-state index in [2.05, 4.69) is 20.1 Å². The molecule has 0 aromatic carbocycles. The van der Waals surface area contributed by atoms with E-state index in [0.29, 0.717) is 17.4 Å². The molecule has 0 saturated carbocycles. The minimum absolute atomic E-state index is 0.234. The average molecular weight is 177 g/mol. The molecule has 2 heterocycles. The van der Waals surface area contributed by atoms with E-state index in [-0.39, 0.29) is 6.54 Å². The Labute approximate surface area is 73.8 Å². The molecule has 0 spiro atoms. The van der Waals surface area contributed by atoms with Crippen molar-refractivity contribution < 1.29 is 4.52 Å². The molecule has 2 aromatic heterocycles. The summed E-state index contributed by atoms with van der Waals surface area (Å²) in [4.78, 5) is 11.7. The molecule has 2 aromatic rings. The van der Waals surface area contributed by atoms with E-state index in [9.17, 15) is 0 Å². The van der Waals surface area contributed by atoms with Crippen LogP contribution in [0.25, 0.3) is 11.5 Å². The SMILES string of the molecule is NCc1nc(-c2ccncn2)no1. The lowest BCUT2D eigenvalue weighted by Crippen LogP contribution is -1.95. The van der Waals surface area contributed by atoms with Crippen LogP contribution in [0.2, 0.25) is 0 Å². The van der Waals surface area contributed by atoms with Crippen LogP contribution in [0.1, 0.15) is 5.89 Å². The molecule has 66 valence electrons. The fraction of sp³-hybridized carbons (Fsp3) is 0.143. The lowest BCUT2D eigenvalue weighted by Gasteiger charge is -1.88. The number of hydrogen-bond acceptors (Lipinski definition) is 6. The van der Waals surface area contributed by atoms with Gasteiger partial charge in [-0.2, -0.15) is 4.98 Å². The van der Waals surface area contributed by atoms with Crippen molar-refractivity contribution in [3.8, 4) is 11.5 Å². The third-order valence-electron chi connectivity index (χ3n) is 1.45. The predicted molar refractivity (Wildman–Crippen MR) is 43.2 cm³/mol. The first-order valence-corrected chi connectivity index (χ1v) is 3.69. The van der Waals surface area contributed by atoms with E-state index in [0.717, 1.165) is 0 Å². The summed E-state index contributed by atoms with van der Waals surface area (Å²) in [5, 5.41) is 3.70. The van der Waals surface area contributed by atoms with Gasteiger partial charge in [-0.05, 0) is 6.07 Å². The third kappa shape index (κ3) is 1.52. The second-order valence-corrected chi connectivity index (χ2v) is 2.31. The highest BCUT2D eigenvalue weighted by molar-refractivity contribution is 5.46. The van der Waals surface area contributed by atoms with E-state index in [4.69, 9.17) is 10.3 Å². The van der Waals surface area contributed by atoms with Gasteiger partial charge >= 0.3 is 0 Å². The average Bonchev–Trinajstić information content (AvgIpc) is 2.67. The van der Waals surface area contributed by atoms with Gasteiger partial charge in [-0.1, -0.05) is 5.16 Å². The normalized spacial score (nSPS) is 10.2. The van der Waals surface area contributed by atoms with Crippen molar-refractivity contribution in [1.82, 2.24) is 20.1 Å². The first kappa shape index (κ1) is 7.81. The van der Waals surface area contributed by atoms with Gasteiger partial charge in [0.15, 0.2) is 0 Å². The molecule has 0 fully saturated rings. The molecular weight excluding hydrogens is 170 g/mol. The highest BCUT2D eigenvalue weighted by Gasteiger charge is 2.07. The van der Waals surface area contributed by atoms with E-state index < -0.39 is 0 Å². The number of hydrogen-bond donors (Lipinski definition) is 1. The van der Waals surface area contributed by atoms with Crippen LogP contribution in [-0.4, -0.2) is 20.1 Å². The lowest BCUT2D eigenvalue weighted by atomic mass is 10.4. The molecule has 0 atom stereocenters. The zero-order chi connectivity index (χ0) is 9.10. The standard InChI is InChI=1S/C7H7N5O/c8-3-6-11-7(12-13-6)5-1-2-9-4-10-5/h1-2,4H,3,8H2. The molecule has 6 heteroatoms. The first-order chi connectivity index (χ1) is 6.40. The molecular formula is C7H7N5O. The Morgan fingerprint density at radius 1 is 1.46 bits per heavy atom. The highest BCUT2D eigenvalue weighted by Crippen LogP contribution is 2.10. The van der Waals surface area contributed by atoms with Crippen molar-refractivity contribution in [1.29, 1.82) is 0 Å². The van der Waals surface area contributed by atoms with Gasteiger partial charge in [-0.15, -0.1) is 0 Å². The van der Waals surface area contributed by atoms with Crippen LogP contribution in [0.4, 0.5) is 0 Å². The van der Waals surface area contributed by atoms with Gasteiger partial charge in [0.1, 0.15) is 12.0 Å². The monoisotopic (exact) mass is 177 g/mol. The largest absolute Gasteiger partial charge is 0.338 e. The fourth-order valence-corrected chi connectivity index (χ4v) is 0.865. The van der Waals surface area contributed by atoms with Crippen molar-refractivity contribution in [3.05, 3.63) is 24.5 Å². The summed E-state index contributed by atoms with van der Waals surface area (Å²) in [6.07, 6.45) is 3.04. The van der Waals surface area contributed by atoms with E-state index >= 15 is 0 Å². The Morgan fingerprint density at radius 3 is 3.00 bits per heavy atom. The van der Waals surface area contributed by atoms with E-state index in [1.165, 1.54) is 6.33 Å². The van der Waals surface area contributed by atoms with Gasteiger partial charge in [0, 0.05) is 6.20 Å². The van der Waals surface area contributed by atoms with Gasteiger partial charge in [0.25, 0.3) is 0 Å². The maximum absolute atomic E-state index is 5.31. The van der Waals surface area contributed by atoms with Crippen LogP contribution >= 0.6 is 0 Å². The van der Waals surface area contributed by atoms with Crippen LogP contribution in [0.3, 0.4) is 0 Å². The Kier molecular flexibility index (Phi) is 1.97. The molecule has 0 aliphatic carbocycles. The van der Waals surface area contributed by atoms with Crippen LogP contribution in [-0.2, 0) is 6.54 Å². The maximum Gasteiger partial charge on any atom is 0.240 e. The summed E-state index contributed by atoms with van der Waals surface area (Å²) in [6, 6.07) is 1.70. The molecule has 0 bridgehead atoms. The highest BCUT2D eigenvalue weighted by atomic mass is 16.5. The van der Waals surface area contributed by atoms with Crippen LogP contribution in [0, 0.1) is 0 Å². The zero-order valence-corrected chi connectivity index (χ0v) is 6.71. The molecule has 0 unspecified atom stereocenters. The summed E-state index contributed by atoms with van der Waals surface area (Å²) in [5.41, 5.74) is 5.94. The molecule has 2 N–H and O–H groups in total.